The van der Waals surface area contributed by atoms with E-state index in [1.807, 2.05) is 0 Å². The summed E-state index contributed by atoms with van der Waals surface area (Å²) in [7, 11) is 0. The fourth-order valence-electron chi connectivity index (χ4n) is 5.50. The normalized spacial score (nSPS) is 21.4. The number of piperidine rings is 1. The van der Waals surface area contributed by atoms with E-state index >= 15 is 0 Å². The Morgan fingerprint density at radius 1 is 1.15 bits per heavy atom. The van der Waals surface area contributed by atoms with Crippen LogP contribution in [0.4, 0.5) is 18.9 Å². The Morgan fingerprint density at radius 3 is 2.44 bits per heavy atom. The van der Waals surface area contributed by atoms with E-state index in [9.17, 15) is 23.2 Å². The van der Waals surface area contributed by atoms with Crippen LogP contribution >= 0.6 is 0 Å². The van der Waals surface area contributed by atoms with Gasteiger partial charge in [-0.05, 0) is 69.5 Å². The van der Waals surface area contributed by atoms with Crippen LogP contribution in [-0.4, -0.2) is 57.4 Å². The van der Waals surface area contributed by atoms with E-state index in [-0.39, 0.29) is 11.7 Å². The van der Waals surface area contributed by atoms with Gasteiger partial charge in [-0.15, -0.1) is 0 Å². The van der Waals surface area contributed by atoms with Gasteiger partial charge in [0.25, 0.3) is 5.91 Å². The number of hydrogen-bond acceptors (Lipinski definition) is 6. The van der Waals surface area contributed by atoms with Gasteiger partial charge in [-0.3, -0.25) is 14.7 Å². The maximum absolute atomic E-state index is 13.0. The predicted molar refractivity (Wildman–Crippen MR) is 137 cm³/mol. The number of alkyl halides is 3. The third kappa shape index (κ3) is 5.27. The number of anilines is 1. The Kier molecular flexibility index (Phi) is 7.18. The second-order valence-corrected chi connectivity index (χ2v) is 10.1. The molecule has 204 valence electrons. The molecule has 2 atom stereocenters. The molecule has 11 heteroatoms. The molecule has 0 spiro atoms. The maximum atomic E-state index is 13.0. The molecule has 4 heterocycles. The third-order valence-corrected chi connectivity index (χ3v) is 7.88. The molecule has 2 aromatic heterocycles. The highest BCUT2D eigenvalue weighted by molar-refractivity contribution is 6.04. The Bertz CT molecular complexity index is 1370. The van der Waals surface area contributed by atoms with Crippen LogP contribution in [0.15, 0.2) is 48.8 Å². The van der Waals surface area contributed by atoms with Gasteiger partial charge in [0.15, 0.2) is 0 Å². The highest BCUT2D eigenvalue weighted by atomic mass is 19.4. The van der Waals surface area contributed by atoms with Crippen molar-refractivity contribution in [3.05, 3.63) is 71.3 Å². The zero-order valence-electron chi connectivity index (χ0n) is 21.7. The average Bonchev–Trinajstić information content (AvgIpc) is 3.54. The quantitative estimate of drug-likeness (QED) is 0.498. The van der Waals surface area contributed by atoms with Gasteiger partial charge in [0.05, 0.1) is 58.5 Å². The van der Waals surface area contributed by atoms with Gasteiger partial charge in [-0.1, -0.05) is 0 Å². The van der Waals surface area contributed by atoms with E-state index in [1.54, 1.807) is 25.3 Å². The first kappa shape index (κ1) is 26.8. The number of aromatic nitrogens is 3. The number of hydrogen-bond donors (Lipinski definition) is 1. The molecular weight excluding hydrogens is 509 g/mol. The van der Waals surface area contributed by atoms with E-state index < -0.39 is 23.1 Å². The number of nitriles is 1. The first-order chi connectivity index (χ1) is 18.6. The molecule has 2 aliphatic heterocycles. The van der Waals surface area contributed by atoms with Crippen LogP contribution in [0.2, 0.25) is 0 Å². The molecule has 1 aromatic carbocycles. The Labute approximate surface area is 224 Å². The SMILES string of the molecule is Cc1c(C(=O)Nc2ccc(C3(C#N)CCN([C@@H]4CCO[C@@H]4C)CC3)nc2)cnn1-c1ccc(C(F)(F)F)cc1. The summed E-state index contributed by atoms with van der Waals surface area (Å²) in [6.07, 6.45) is 1.05. The number of amides is 1. The lowest BCUT2D eigenvalue weighted by molar-refractivity contribution is -0.137. The van der Waals surface area contributed by atoms with Crippen molar-refractivity contribution < 1.29 is 22.7 Å². The summed E-state index contributed by atoms with van der Waals surface area (Å²) < 4.78 is 45.7. The van der Waals surface area contributed by atoms with Crippen molar-refractivity contribution in [1.29, 1.82) is 5.26 Å². The summed E-state index contributed by atoms with van der Waals surface area (Å²) in [6.45, 7) is 6.14. The van der Waals surface area contributed by atoms with Crippen LogP contribution in [0.3, 0.4) is 0 Å². The molecule has 3 aromatic rings. The molecule has 0 bridgehead atoms. The van der Waals surface area contributed by atoms with Gasteiger partial charge in [-0.2, -0.15) is 23.5 Å². The Balaban J connectivity index is 1.25. The second kappa shape index (κ2) is 10.4. The molecule has 0 saturated carbocycles. The summed E-state index contributed by atoms with van der Waals surface area (Å²) in [5, 5.41) is 17.1. The van der Waals surface area contributed by atoms with Crippen LogP contribution in [0.5, 0.6) is 0 Å². The fraction of sp³-hybridized carbons (Fsp3) is 0.429. The fourth-order valence-corrected chi connectivity index (χ4v) is 5.50. The molecule has 1 N–H and O–H groups in total. The van der Waals surface area contributed by atoms with Crippen LogP contribution in [0, 0.1) is 18.3 Å². The molecule has 1 amide bonds. The number of likely N-dealkylation sites (tertiary alicyclic amines) is 1. The topological polar surface area (TPSA) is 96.1 Å². The predicted octanol–water partition coefficient (Wildman–Crippen LogP) is 4.88. The zero-order chi connectivity index (χ0) is 27.8. The summed E-state index contributed by atoms with van der Waals surface area (Å²) in [5.74, 6) is -0.420. The van der Waals surface area contributed by atoms with Crippen molar-refractivity contribution >= 4 is 11.6 Å². The lowest BCUT2D eigenvalue weighted by Gasteiger charge is -2.40. The van der Waals surface area contributed by atoms with Gasteiger partial charge in [0.1, 0.15) is 5.41 Å². The minimum Gasteiger partial charge on any atom is -0.377 e. The Hall–Kier alpha value is -3.75. The molecule has 39 heavy (non-hydrogen) atoms. The first-order valence-corrected chi connectivity index (χ1v) is 12.9. The highest BCUT2D eigenvalue weighted by Crippen LogP contribution is 2.36. The smallest absolute Gasteiger partial charge is 0.377 e. The van der Waals surface area contributed by atoms with E-state index in [4.69, 9.17) is 4.74 Å². The number of nitrogens with one attached hydrogen (secondary N) is 1. The van der Waals surface area contributed by atoms with Gasteiger partial charge in [0, 0.05) is 25.7 Å². The number of benzene rings is 1. The van der Waals surface area contributed by atoms with Crippen molar-refractivity contribution in [2.24, 2.45) is 0 Å². The van der Waals surface area contributed by atoms with Gasteiger partial charge >= 0.3 is 6.18 Å². The monoisotopic (exact) mass is 538 g/mol. The van der Waals surface area contributed by atoms with E-state index in [0.717, 1.165) is 38.2 Å². The number of rotatable bonds is 5. The second-order valence-electron chi connectivity index (χ2n) is 10.1. The van der Waals surface area contributed by atoms with Crippen LogP contribution < -0.4 is 5.32 Å². The first-order valence-electron chi connectivity index (χ1n) is 12.9. The molecule has 2 saturated heterocycles. The zero-order valence-corrected chi connectivity index (χ0v) is 21.7. The van der Waals surface area contributed by atoms with Gasteiger partial charge in [0.2, 0.25) is 0 Å². The lowest BCUT2D eigenvalue weighted by Crippen LogP contribution is -2.48. The third-order valence-electron chi connectivity index (χ3n) is 7.88. The Morgan fingerprint density at radius 2 is 1.87 bits per heavy atom. The molecule has 0 unspecified atom stereocenters. The summed E-state index contributed by atoms with van der Waals surface area (Å²) >= 11 is 0. The lowest BCUT2D eigenvalue weighted by atomic mass is 9.76. The number of ether oxygens (including phenoxy) is 1. The van der Waals surface area contributed by atoms with Crippen LogP contribution in [-0.2, 0) is 16.3 Å². The molecule has 0 aliphatic carbocycles. The summed E-state index contributed by atoms with van der Waals surface area (Å²) in [6, 6.07) is 11.0. The van der Waals surface area contributed by atoms with Gasteiger partial charge in [-0.25, -0.2) is 4.68 Å². The highest BCUT2D eigenvalue weighted by Gasteiger charge is 2.41. The van der Waals surface area contributed by atoms with E-state index in [0.29, 0.717) is 41.6 Å². The molecule has 8 nitrogen and oxygen atoms in total. The van der Waals surface area contributed by atoms with E-state index in [1.165, 1.54) is 23.0 Å². The van der Waals surface area contributed by atoms with Crippen LogP contribution in [0.25, 0.3) is 5.69 Å². The minimum absolute atomic E-state index is 0.200. The van der Waals surface area contributed by atoms with Crippen molar-refractivity contribution in [3.63, 3.8) is 0 Å². The average molecular weight is 539 g/mol. The molecule has 0 radical (unpaired) electrons. The van der Waals surface area contributed by atoms with E-state index in [2.05, 4.69) is 33.3 Å². The summed E-state index contributed by atoms with van der Waals surface area (Å²) in [4.78, 5) is 19.9. The molecular formula is C28H29F3N6O2. The number of halogens is 3. The number of nitrogens with zero attached hydrogens (tertiary/aromatic N) is 5. The largest absolute Gasteiger partial charge is 0.416 e. The standard InChI is InChI=1S/C28H29F3N6O2/c1-18-23(16-34-37(18)22-6-3-20(4-7-22)28(29,30)31)26(38)35-21-5-8-25(33-15-21)27(17-32)10-12-36(13-11-27)24-9-14-39-19(24)2/h3-8,15-16,19,24H,9-14H2,1-2H3,(H,35,38)/t19-,24-/m1/s1. The van der Waals surface area contributed by atoms with Crippen molar-refractivity contribution in [2.75, 3.05) is 25.0 Å². The summed E-state index contributed by atoms with van der Waals surface area (Å²) in [5.41, 5.74) is 0.887. The van der Waals surface area contributed by atoms with Crippen LogP contribution in [0.1, 0.15) is 53.5 Å². The molecule has 2 fully saturated rings. The minimum atomic E-state index is -4.43. The maximum Gasteiger partial charge on any atom is 0.416 e. The number of carbonyl (C=O) groups excluding carboxylic acids is 1. The van der Waals surface area contributed by atoms with Crippen molar-refractivity contribution in [3.8, 4) is 11.8 Å². The molecule has 2 aliphatic rings. The number of carbonyl (C=O) groups is 1. The van der Waals surface area contributed by atoms with Gasteiger partial charge < -0.3 is 10.1 Å². The van der Waals surface area contributed by atoms with Crippen molar-refractivity contribution in [1.82, 2.24) is 19.7 Å². The number of pyridine rings is 1. The molecule has 5 rings (SSSR count). The van der Waals surface area contributed by atoms with Crippen molar-refractivity contribution in [2.45, 2.75) is 56.8 Å².